The summed E-state index contributed by atoms with van der Waals surface area (Å²) in [6.07, 6.45) is -21.8. The van der Waals surface area contributed by atoms with Gasteiger partial charge in [-0.3, -0.25) is 4.79 Å². The van der Waals surface area contributed by atoms with E-state index in [2.05, 4.69) is 5.32 Å². The minimum Gasteiger partial charge on any atom is -0.394 e. The van der Waals surface area contributed by atoms with Crippen LogP contribution in [0.4, 0.5) is 0 Å². The van der Waals surface area contributed by atoms with Crippen LogP contribution in [0.5, 0.6) is 0 Å². The van der Waals surface area contributed by atoms with Gasteiger partial charge in [-0.25, -0.2) is 0 Å². The Morgan fingerprint density at radius 2 is 1.53 bits per heavy atom. The number of hydrogen-bond acceptors (Lipinski definition) is 15. The van der Waals surface area contributed by atoms with Gasteiger partial charge in [0.25, 0.3) is 0 Å². The number of rotatable bonds is 11. The average molecular weight is 532 g/mol. The maximum absolute atomic E-state index is 11.6. The monoisotopic (exact) mass is 531 g/mol. The summed E-state index contributed by atoms with van der Waals surface area (Å²) in [5.74, 6) is -0.658. The van der Waals surface area contributed by atoms with Gasteiger partial charge in [0.15, 0.2) is 12.6 Å². The van der Waals surface area contributed by atoms with Crippen molar-refractivity contribution in [1.82, 2.24) is 5.32 Å². The summed E-state index contributed by atoms with van der Waals surface area (Å²) in [5, 5.41) is 103. The van der Waals surface area contributed by atoms with Crippen LogP contribution in [0.1, 0.15) is 13.8 Å². The number of hydrogen-bond donors (Lipinski definition) is 11. The number of carbonyl (C=O) groups excluding carboxylic acids is 1. The highest BCUT2D eigenvalue weighted by molar-refractivity contribution is 5.73. The number of aliphatic hydroxyl groups excluding tert-OH is 10. The van der Waals surface area contributed by atoms with Gasteiger partial charge in [-0.05, 0) is 6.92 Å². The van der Waals surface area contributed by atoms with Crippen molar-refractivity contribution < 1.29 is 74.8 Å². The Hall–Kier alpha value is -1.09. The molecule has 2 saturated heterocycles. The summed E-state index contributed by atoms with van der Waals surface area (Å²) in [6.45, 7) is -0.0978. The van der Waals surface area contributed by atoms with Gasteiger partial charge in [-0.15, -0.1) is 0 Å². The molecular weight excluding hydrogens is 494 g/mol. The lowest BCUT2D eigenvalue weighted by Crippen LogP contribution is -2.66. The standard InChI is InChI=1S/C20H37NO15/c1-6-11(27)14(30)16(32)19(33-6)36-18-15(31)13(29)10(5-24)34-20(18)35-17(12(28)9(26)4-23)8(3-22)21-7(2)25/h6,8-20,22-24,26-32H,3-5H2,1-2H3,(H,21,25)/t6-,8-,9+,10+,11+,12+,13-,14+,15-,16-,17+,18+,19-,20-/m0/s1. The highest BCUT2D eigenvalue weighted by Crippen LogP contribution is 2.31. The smallest absolute Gasteiger partial charge is 0.217 e. The summed E-state index contributed by atoms with van der Waals surface area (Å²) in [6, 6.07) is -1.38. The van der Waals surface area contributed by atoms with E-state index in [1.807, 2.05) is 0 Å². The second kappa shape index (κ2) is 13.6. The quantitative estimate of drug-likeness (QED) is 0.118. The fraction of sp³-hybridized carbons (Fsp3) is 0.950. The minimum atomic E-state index is -1.94. The molecule has 0 saturated carbocycles. The molecule has 11 N–H and O–H groups in total. The van der Waals surface area contributed by atoms with Crippen molar-refractivity contribution in [2.45, 2.75) is 99.6 Å². The fourth-order valence-electron chi connectivity index (χ4n) is 3.98. The summed E-state index contributed by atoms with van der Waals surface area (Å²) in [7, 11) is 0. The number of carbonyl (C=O) groups is 1. The zero-order valence-electron chi connectivity index (χ0n) is 19.7. The molecule has 212 valence electrons. The highest BCUT2D eigenvalue weighted by Gasteiger charge is 2.51. The molecule has 36 heavy (non-hydrogen) atoms. The van der Waals surface area contributed by atoms with Gasteiger partial charge in [-0.2, -0.15) is 0 Å². The van der Waals surface area contributed by atoms with Crippen molar-refractivity contribution in [3.05, 3.63) is 0 Å². The van der Waals surface area contributed by atoms with Crippen LogP contribution in [0.25, 0.3) is 0 Å². The molecule has 0 spiro atoms. The van der Waals surface area contributed by atoms with E-state index in [1.54, 1.807) is 0 Å². The van der Waals surface area contributed by atoms with Crippen LogP contribution < -0.4 is 5.32 Å². The van der Waals surface area contributed by atoms with Crippen LogP contribution >= 0.6 is 0 Å². The van der Waals surface area contributed by atoms with Gasteiger partial charge in [0.1, 0.15) is 61.0 Å². The van der Waals surface area contributed by atoms with Crippen molar-refractivity contribution in [2.75, 3.05) is 19.8 Å². The highest BCUT2D eigenvalue weighted by atomic mass is 16.8. The molecule has 0 unspecified atom stereocenters. The third-order valence-corrected chi connectivity index (χ3v) is 6.12. The molecule has 2 rings (SSSR count). The van der Waals surface area contributed by atoms with Crippen molar-refractivity contribution in [2.24, 2.45) is 0 Å². The second-order valence-corrected chi connectivity index (χ2v) is 8.82. The minimum absolute atomic E-state index is 0.658. The van der Waals surface area contributed by atoms with Crippen LogP contribution in [0.2, 0.25) is 0 Å². The Kier molecular flexibility index (Phi) is 11.8. The predicted octanol–water partition coefficient (Wildman–Crippen LogP) is -6.77. The van der Waals surface area contributed by atoms with Gasteiger partial charge in [-0.1, -0.05) is 0 Å². The molecule has 0 aromatic carbocycles. The molecule has 2 aliphatic rings. The number of amides is 1. The third kappa shape index (κ3) is 7.06. The van der Waals surface area contributed by atoms with Crippen LogP contribution in [-0.2, 0) is 23.7 Å². The first-order valence-electron chi connectivity index (χ1n) is 11.4. The van der Waals surface area contributed by atoms with Crippen LogP contribution in [0.3, 0.4) is 0 Å². The van der Waals surface area contributed by atoms with E-state index in [0.29, 0.717) is 0 Å². The van der Waals surface area contributed by atoms with Crippen molar-refractivity contribution in [1.29, 1.82) is 0 Å². The Morgan fingerprint density at radius 3 is 2.06 bits per heavy atom. The van der Waals surface area contributed by atoms with Crippen LogP contribution in [0.15, 0.2) is 0 Å². The lowest BCUT2D eigenvalue weighted by molar-refractivity contribution is -0.373. The molecule has 0 radical (unpaired) electrons. The van der Waals surface area contributed by atoms with Gasteiger partial charge in [0, 0.05) is 6.92 Å². The second-order valence-electron chi connectivity index (χ2n) is 8.82. The first-order chi connectivity index (χ1) is 16.9. The summed E-state index contributed by atoms with van der Waals surface area (Å²) in [4.78, 5) is 11.6. The first-order valence-corrected chi connectivity index (χ1v) is 11.4. The lowest BCUT2D eigenvalue weighted by atomic mass is 9.96. The van der Waals surface area contributed by atoms with Crippen LogP contribution in [0, 0.1) is 0 Å². The Labute approximate surface area is 206 Å². The van der Waals surface area contributed by atoms with Gasteiger partial charge in [0.2, 0.25) is 5.91 Å². The van der Waals surface area contributed by atoms with Gasteiger partial charge in [0.05, 0.1) is 32.0 Å². The van der Waals surface area contributed by atoms with Crippen LogP contribution in [-0.4, -0.2) is 163 Å². The van der Waals surface area contributed by atoms with E-state index in [0.717, 1.165) is 6.92 Å². The summed E-state index contributed by atoms with van der Waals surface area (Å²) >= 11 is 0. The van der Waals surface area contributed by atoms with E-state index < -0.39 is 111 Å². The van der Waals surface area contributed by atoms with Crippen molar-refractivity contribution >= 4 is 5.91 Å². The Morgan fingerprint density at radius 1 is 0.889 bits per heavy atom. The molecular formula is C20H37NO15. The number of ether oxygens (including phenoxy) is 4. The van der Waals surface area contributed by atoms with E-state index in [1.165, 1.54) is 6.92 Å². The summed E-state index contributed by atoms with van der Waals surface area (Å²) < 4.78 is 22.0. The molecule has 0 aromatic rings. The van der Waals surface area contributed by atoms with E-state index in [9.17, 15) is 55.9 Å². The number of nitrogens with one attached hydrogen (secondary N) is 1. The maximum Gasteiger partial charge on any atom is 0.217 e. The molecule has 2 aliphatic heterocycles. The van der Waals surface area contributed by atoms with E-state index in [-0.39, 0.29) is 0 Å². The molecule has 0 aromatic heterocycles. The molecule has 2 heterocycles. The third-order valence-electron chi connectivity index (χ3n) is 6.12. The lowest BCUT2D eigenvalue weighted by Gasteiger charge is -2.47. The summed E-state index contributed by atoms with van der Waals surface area (Å²) in [5.41, 5.74) is 0. The Bertz CT molecular complexity index is 687. The molecule has 14 atom stereocenters. The average Bonchev–Trinajstić information content (AvgIpc) is 2.85. The molecule has 2 fully saturated rings. The normalized spacial score (nSPS) is 40.8. The van der Waals surface area contributed by atoms with E-state index in [4.69, 9.17) is 18.9 Å². The Balaban J connectivity index is 2.38. The zero-order valence-corrected chi connectivity index (χ0v) is 19.7. The molecule has 16 heteroatoms. The van der Waals surface area contributed by atoms with Crippen molar-refractivity contribution in [3.63, 3.8) is 0 Å². The molecule has 16 nitrogen and oxygen atoms in total. The van der Waals surface area contributed by atoms with Gasteiger partial charge < -0.3 is 75.3 Å². The molecule has 1 amide bonds. The van der Waals surface area contributed by atoms with Crippen molar-refractivity contribution in [3.8, 4) is 0 Å². The molecule has 0 aliphatic carbocycles. The largest absolute Gasteiger partial charge is 0.394 e. The maximum atomic E-state index is 11.6. The van der Waals surface area contributed by atoms with E-state index >= 15 is 0 Å². The first kappa shape index (κ1) is 31.1. The number of aliphatic hydroxyl groups is 10. The molecule has 0 bridgehead atoms. The topological polar surface area (TPSA) is 268 Å². The SMILES string of the molecule is CC(=O)N[C@@H](CO)[C@@H](O[C@@H]1O[C@H](CO)[C@H](O)[C@H](O)[C@H]1O[C@@H]1O[C@@H](C)[C@@H](O)[C@@H](O)[C@@H]1O)[C@H](O)[C@H](O)CO. The predicted molar refractivity (Wildman–Crippen MR) is 114 cm³/mol. The van der Waals surface area contributed by atoms with Gasteiger partial charge >= 0.3 is 0 Å². The zero-order chi connectivity index (χ0) is 27.3. The fourth-order valence-corrected chi connectivity index (χ4v) is 3.98.